The van der Waals surface area contributed by atoms with E-state index in [0.29, 0.717) is 11.3 Å². The fraction of sp³-hybridized carbons (Fsp3) is 0.0833. The van der Waals surface area contributed by atoms with Crippen molar-refractivity contribution in [2.75, 3.05) is 4.90 Å². The van der Waals surface area contributed by atoms with Gasteiger partial charge in [0.15, 0.2) is 0 Å². The van der Waals surface area contributed by atoms with Crippen LogP contribution in [0.3, 0.4) is 0 Å². The highest BCUT2D eigenvalue weighted by molar-refractivity contribution is 6.27. The average molecular weight is 366 g/mol. The molecule has 1 aliphatic rings. The van der Waals surface area contributed by atoms with Crippen LogP contribution in [0.1, 0.15) is 27.4 Å². The van der Waals surface area contributed by atoms with Crippen molar-refractivity contribution in [2.24, 2.45) is 7.05 Å². The van der Waals surface area contributed by atoms with Crippen LogP contribution in [0.15, 0.2) is 85.1 Å². The van der Waals surface area contributed by atoms with Crippen LogP contribution in [0.4, 0.5) is 5.69 Å². The van der Waals surface area contributed by atoms with Gasteiger partial charge in [0.1, 0.15) is 0 Å². The molecule has 0 aliphatic carbocycles. The van der Waals surface area contributed by atoms with Crippen molar-refractivity contribution in [3.05, 3.63) is 102 Å². The van der Waals surface area contributed by atoms with E-state index in [1.54, 1.807) is 12.1 Å². The Morgan fingerprint density at radius 1 is 0.821 bits per heavy atom. The number of aryl methyl sites for hydroxylation is 1. The van der Waals surface area contributed by atoms with Gasteiger partial charge in [-0.25, -0.2) is 4.90 Å². The first kappa shape index (κ1) is 16.5. The predicted molar refractivity (Wildman–Crippen MR) is 109 cm³/mol. The molecule has 0 bridgehead atoms. The average Bonchev–Trinajstić information content (AvgIpc) is 3.22. The van der Waals surface area contributed by atoms with Gasteiger partial charge in [0.05, 0.1) is 11.6 Å². The third-order valence-corrected chi connectivity index (χ3v) is 5.42. The van der Waals surface area contributed by atoms with Crippen LogP contribution in [-0.4, -0.2) is 16.4 Å². The molecule has 4 heteroatoms. The molecule has 2 heterocycles. The molecular weight excluding hydrogens is 348 g/mol. The minimum atomic E-state index is -0.491. The molecule has 1 atom stereocenters. The number of imide groups is 1. The van der Waals surface area contributed by atoms with Gasteiger partial charge in [-0.3, -0.25) is 9.59 Å². The van der Waals surface area contributed by atoms with Crippen LogP contribution >= 0.6 is 0 Å². The zero-order chi connectivity index (χ0) is 19.3. The van der Waals surface area contributed by atoms with E-state index in [4.69, 9.17) is 0 Å². The molecular formula is C24H18N2O2. The number of aromatic nitrogens is 1. The molecule has 0 saturated carbocycles. The Hall–Kier alpha value is -3.66. The topological polar surface area (TPSA) is 42.3 Å². The van der Waals surface area contributed by atoms with E-state index in [0.717, 1.165) is 22.0 Å². The summed E-state index contributed by atoms with van der Waals surface area (Å²) in [6.45, 7) is 0. The summed E-state index contributed by atoms with van der Waals surface area (Å²) in [4.78, 5) is 28.0. The maximum atomic E-state index is 13.5. The number of hydrogen-bond acceptors (Lipinski definition) is 2. The number of amides is 2. The van der Waals surface area contributed by atoms with E-state index in [1.807, 2.05) is 84.5 Å². The fourth-order valence-corrected chi connectivity index (χ4v) is 4.14. The van der Waals surface area contributed by atoms with Crippen molar-refractivity contribution in [1.82, 2.24) is 4.57 Å². The van der Waals surface area contributed by atoms with Crippen molar-refractivity contribution in [2.45, 2.75) is 5.92 Å². The van der Waals surface area contributed by atoms with Gasteiger partial charge in [-0.2, -0.15) is 0 Å². The summed E-state index contributed by atoms with van der Waals surface area (Å²) in [6, 6.07) is 24.6. The van der Waals surface area contributed by atoms with Gasteiger partial charge < -0.3 is 4.57 Å². The molecule has 3 aromatic carbocycles. The summed E-state index contributed by atoms with van der Waals surface area (Å²) in [6.07, 6.45) is 2.00. The number of carbonyl (C=O) groups excluding carboxylic acids is 2. The quantitative estimate of drug-likeness (QED) is 0.490. The lowest BCUT2D eigenvalue weighted by Gasteiger charge is -2.16. The first-order valence-corrected chi connectivity index (χ1v) is 9.23. The lowest BCUT2D eigenvalue weighted by Crippen LogP contribution is -2.35. The number of nitrogens with zero attached hydrogens (tertiary/aromatic N) is 2. The number of para-hydroxylation sites is 2. The van der Waals surface area contributed by atoms with E-state index < -0.39 is 5.92 Å². The first-order chi connectivity index (χ1) is 13.7. The number of rotatable bonds is 2. The van der Waals surface area contributed by atoms with Crippen molar-refractivity contribution >= 4 is 28.4 Å². The highest BCUT2D eigenvalue weighted by Gasteiger charge is 2.42. The number of benzene rings is 3. The van der Waals surface area contributed by atoms with Crippen molar-refractivity contribution in [3.8, 4) is 0 Å². The summed E-state index contributed by atoms with van der Waals surface area (Å²) in [5, 5.41) is 1.03. The summed E-state index contributed by atoms with van der Waals surface area (Å²) in [7, 11) is 1.98. The second-order valence-corrected chi connectivity index (χ2v) is 7.05. The molecule has 0 N–H and O–H groups in total. The van der Waals surface area contributed by atoms with Gasteiger partial charge >= 0.3 is 0 Å². The molecule has 5 rings (SSSR count). The maximum absolute atomic E-state index is 13.5. The molecule has 0 radical (unpaired) electrons. The van der Waals surface area contributed by atoms with E-state index in [9.17, 15) is 9.59 Å². The lowest BCUT2D eigenvalue weighted by atomic mass is 9.92. The molecule has 0 fully saturated rings. The van der Waals surface area contributed by atoms with Crippen LogP contribution in [0.2, 0.25) is 0 Å². The third-order valence-electron chi connectivity index (χ3n) is 5.42. The van der Waals surface area contributed by atoms with E-state index in [-0.39, 0.29) is 11.8 Å². The minimum Gasteiger partial charge on any atom is -0.350 e. The Morgan fingerprint density at radius 2 is 1.50 bits per heavy atom. The summed E-state index contributed by atoms with van der Waals surface area (Å²) in [5.41, 5.74) is 4.03. The smallest absolute Gasteiger partial charge is 0.265 e. The normalized spacial score (nSPS) is 15.8. The molecule has 1 aliphatic heterocycles. The molecule has 4 aromatic rings. The summed E-state index contributed by atoms with van der Waals surface area (Å²) < 4.78 is 2.03. The zero-order valence-corrected chi connectivity index (χ0v) is 15.4. The standard InChI is InChI=1S/C24H18N2O2/c1-25-15-19(17-11-5-7-13-20(17)25)22-18-12-6-8-14-21(18)26(24(22)28)23(27)16-9-3-2-4-10-16/h2-15,22H,1H3. The van der Waals surface area contributed by atoms with Crippen molar-refractivity contribution < 1.29 is 9.59 Å². The van der Waals surface area contributed by atoms with E-state index in [1.165, 1.54) is 4.90 Å². The molecule has 136 valence electrons. The van der Waals surface area contributed by atoms with Crippen LogP contribution in [-0.2, 0) is 11.8 Å². The number of fused-ring (bicyclic) bond motifs is 2. The summed E-state index contributed by atoms with van der Waals surface area (Å²) in [5.74, 6) is -0.984. The molecule has 0 spiro atoms. The van der Waals surface area contributed by atoms with E-state index >= 15 is 0 Å². The first-order valence-electron chi connectivity index (χ1n) is 9.23. The molecule has 28 heavy (non-hydrogen) atoms. The van der Waals surface area contributed by atoms with Crippen molar-refractivity contribution in [1.29, 1.82) is 0 Å². The largest absolute Gasteiger partial charge is 0.350 e. The van der Waals surface area contributed by atoms with Crippen LogP contribution in [0, 0.1) is 0 Å². The second-order valence-electron chi connectivity index (χ2n) is 7.05. The molecule has 2 amide bonds. The van der Waals surface area contributed by atoms with Gasteiger partial charge in [0.2, 0.25) is 5.91 Å². The summed E-state index contributed by atoms with van der Waals surface area (Å²) >= 11 is 0. The van der Waals surface area contributed by atoms with Gasteiger partial charge in [-0.1, -0.05) is 54.6 Å². The van der Waals surface area contributed by atoms with E-state index in [2.05, 4.69) is 0 Å². The SMILES string of the molecule is Cn1cc(C2C(=O)N(C(=O)c3ccccc3)c3ccccc32)c2ccccc21. The lowest BCUT2D eigenvalue weighted by molar-refractivity contribution is -0.117. The predicted octanol–water partition coefficient (Wildman–Crippen LogP) is 4.50. The monoisotopic (exact) mass is 366 g/mol. The van der Waals surface area contributed by atoms with Gasteiger partial charge in [-0.15, -0.1) is 0 Å². The molecule has 1 unspecified atom stereocenters. The molecule has 4 nitrogen and oxygen atoms in total. The third kappa shape index (κ3) is 2.31. The Bertz CT molecular complexity index is 1220. The van der Waals surface area contributed by atoms with Gasteiger partial charge in [0.25, 0.3) is 5.91 Å². The second kappa shape index (κ2) is 6.20. The zero-order valence-electron chi connectivity index (χ0n) is 15.4. The fourth-order valence-electron chi connectivity index (χ4n) is 4.14. The van der Waals surface area contributed by atoms with Crippen LogP contribution in [0.5, 0.6) is 0 Å². The highest BCUT2D eigenvalue weighted by atomic mass is 16.2. The minimum absolute atomic E-state index is 0.202. The van der Waals surface area contributed by atoms with Gasteiger partial charge in [0, 0.05) is 29.7 Å². The Morgan fingerprint density at radius 3 is 2.32 bits per heavy atom. The Labute approximate surface area is 162 Å². The number of carbonyl (C=O) groups is 2. The van der Waals surface area contributed by atoms with Crippen LogP contribution < -0.4 is 4.90 Å². The van der Waals surface area contributed by atoms with Crippen molar-refractivity contribution in [3.63, 3.8) is 0 Å². The van der Waals surface area contributed by atoms with Gasteiger partial charge in [-0.05, 0) is 35.4 Å². The number of hydrogen-bond donors (Lipinski definition) is 0. The Balaban J connectivity index is 1.69. The molecule has 0 saturated heterocycles. The Kier molecular flexibility index (Phi) is 3.66. The highest BCUT2D eigenvalue weighted by Crippen LogP contribution is 2.44. The van der Waals surface area contributed by atoms with Crippen LogP contribution in [0.25, 0.3) is 10.9 Å². The number of anilines is 1. The maximum Gasteiger partial charge on any atom is 0.265 e. The molecule has 1 aromatic heterocycles.